The van der Waals surface area contributed by atoms with Crippen molar-refractivity contribution in [2.24, 2.45) is 0 Å². The number of pyridine rings is 1. The van der Waals surface area contributed by atoms with E-state index >= 15 is 0 Å². The summed E-state index contributed by atoms with van der Waals surface area (Å²) >= 11 is 0. The van der Waals surface area contributed by atoms with E-state index in [1.165, 1.54) is 0 Å². The SMILES string of the molecule is CN1C(=O)CCC[C@]12CCCN(C(=O)c1ccccn1)C2. The monoisotopic (exact) mass is 287 g/mol. The number of carbonyl (C=O) groups is 2. The second-order valence-corrected chi connectivity index (χ2v) is 6.08. The van der Waals surface area contributed by atoms with Crippen LogP contribution in [0.2, 0.25) is 0 Å². The second-order valence-electron chi connectivity index (χ2n) is 6.08. The number of rotatable bonds is 1. The van der Waals surface area contributed by atoms with Crippen molar-refractivity contribution in [1.82, 2.24) is 14.8 Å². The van der Waals surface area contributed by atoms with Gasteiger partial charge in [-0.1, -0.05) is 6.07 Å². The van der Waals surface area contributed by atoms with Crippen molar-refractivity contribution in [3.8, 4) is 0 Å². The van der Waals surface area contributed by atoms with Gasteiger partial charge in [-0.2, -0.15) is 0 Å². The standard InChI is InChI=1S/C16H21N3O2/c1-18-14(20)7-4-8-16(18)9-5-11-19(12-16)15(21)13-6-2-3-10-17-13/h2-3,6,10H,4-5,7-9,11-12H2,1H3/t16-/m1/s1. The first-order valence-electron chi connectivity index (χ1n) is 7.59. The number of aromatic nitrogens is 1. The minimum absolute atomic E-state index is 0.0268. The van der Waals surface area contributed by atoms with Crippen molar-refractivity contribution in [3.05, 3.63) is 30.1 Å². The number of amides is 2. The molecule has 1 spiro atoms. The number of likely N-dealkylation sites (tertiary alicyclic amines) is 2. The van der Waals surface area contributed by atoms with Gasteiger partial charge in [0, 0.05) is 32.8 Å². The van der Waals surface area contributed by atoms with Crippen LogP contribution in [0.5, 0.6) is 0 Å². The molecule has 2 aliphatic rings. The number of likely N-dealkylation sites (N-methyl/N-ethyl adjacent to an activating group) is 1. The number of hydrogen-bond donors (Lipinski definition) is 0. The van der Waals surface area contributed by atoms with Crippen molar-refractivity contribution < 1.29 is 9.59 Å². The van der Waals surface area contributed by atoms with E-state index in [1.807, 2.05) is 29.0 Å². The van der Waals surface area contributed by atoms with Crippen LogP contribution >= 0.6 is 0 Å². The second kappa shape index (κ2) is 5.47. The van der Waals surface area contributed by atoms with Crippen LogP contribution in [-0.2, 0) is 4.79 Å². The number of carbonyl (C=O) groups excluding carboxylic acids is 2. The molecule has 0 bridgehead atoms. The van der Waals surface area contributed by atoms with Gasteiger partial charge in [0.25, 0.3) is 5.91 Å². The van der Waals surface area contributed by atoms with Crippen LogP contribution in [0.15, 0.2) is 24.4 Å². The molecule has 2 amide bonds. The molecule has 0 aromatic carbocycles. The molecule has 5 heteroatoms. The molecular weight excluding hydrogens is 266 g/mol. The van der Waals surface area contributed by atoms with Gasteiger partial charge >= 0.3 is 0 Å². The lowest BCUT2D eigenvalue weighted by atomic mass is 9.80. The smallest absolute Gasteiger partial charge is 0.272 e. The van der Waals surface area contributed by atoms with Crippen LogP contribution in [0.1, 0.15) is 42.6 Å². The van der Waals surface area contributed by atoms with Crippen LogP contribution in [0, 0.1) is 0 Å². The predicted octanol–water partition coefficient (Wildman–Crippen LogP) is 1.70. The molecule has 2 fully saturated rings. The van der Waals surface area contributed by atoms with Gasteiger partial charge in [0.15, 0.2) is 0 Å². The van der Waals surface area contributed by atoms with E-state index in [-0.39, 0.29) is 17.4 Å². The molecule has 0 aliphatic carbocycles. The Kier molecular flexibility index (Phi) is 3.66. The fraction of sp³-hybridized carbons (Fsp3) is 0.562. The Morgan fingerprint density at radius 3 is 2.86 bits per heavy atom. The summed E-state index contributed by atoms with van der Waals surface area (Å²) in [6.07, 6.45) is 6.11. The molecular formula is C16H21N3O2. The van der Waals surface area contributed by atoms with Crippen molar-refractivity contribution in [1.29, 1.82) is 0 Å². The third-order valence-electron chi connectivity index (χ3n) is 4.84. The predicted molar refractivity (Wildman–Crippen MR) is 78.7 cm³/mol. The third-order valence-corrected chi connectivity index (χ3v) is 4.84. The van der Waals surface area contributed by atoms with Crippen molar-refractivity contribution in [3.63, 3.8) is 0 Å². The molecule has 5 nitrogen and oxygen atoms in total. The number of hydrogen-bond acceptors (Lipinski definition) is 3. The molecule has 1 aromatic heterocycles. The minimum Gasteiger partial charge on any atom is -0.338 e. The van der Waals surface area contributed by atoms with E-state index in [4.69, 9.17) is 0 Å². The molecule has 3 heterocycles. The highest BCUT2D eigenvalue weighted by molar-refractivity contribution is 5.92. The van der Waals surface area contributed by atoms with Gasteiger partial charge in [-0.05, 0) is 37.8 Å². The van der Waals surface area contributed by atoms with Gasteiger partial charge in [-0.15, -0.1) is 0 Å². The Morgan fingerprint density at radius 2 is 2.10 bits per heavy atom. The van der Waals surface area contributed by atoms with E-state index < -0.39 is 0 Å². The van der Waals surface area contributed by atoms with Crippen LogP contribution in [-0.4, -0.2) is 52.3 Å². The highest BCUT2D eigenvalue weighted by atomic mass is 16.2. The Balaban J connectivity index is 1.80. The molecule has 3 rings (SSSR count). The average molecular weight is 287 g/mol. The molecule has 0 saturated carbocycles. The summed E-state index contributed by atoms with van der Waals surface area (Å²) in [7, 11) is 1.89. The summed E-state index contributed by atoms with van der Waals surface area (Å²) in [5.74, 6) is 0.175. The Hall–Kier alpha value is -1.91. The van der Waals surface area contributed by atoms with Crippen molar-refractivity contribution in [2.75, 3.05) is 20.1 Å². The summed E-state index contributed by atoms with van der Waals surface area (Å²) in [4.78, 5) is 32.5. The maximum atomic E-state index is 12.6. The summed E-state index contributed by atoms with van der Waals surface area (Å²) in [6, 6.07) is 5.39. The normalized spacial score (nSPS) is 26.2. The van der Waals surface area contributed by atoms with Gasteiger partial charge in [-0.3, -0.25) is 14.6 Å². The highest BCUT2D eigenvalue weighted by Crippen LogP contribution is 2.35. The molecule has 0 N–H and O–H groups in total. The highest BCUT2D eigenvalue weighted by Gasteiger charge is 2.44. The number of piperidine rings is 2. The van der Waals surface area contributed by atoms with Crippen LogP contribution in [0.25, 0.3) is 0 Å². The molecule has 21 heavy (non-hydrogen) atoms. The van der Waals surface area contributed by atoms with Gasteiger partial charge in [0.2, 0.25) is 5.91 Å². The van der Waals surface area contributed by atoms with Crippen molar-refractivity contribution >= 4 is 11.8 Å². The Labute approximate surface area is 124 Å². The summed E-state index contributed by atoms with van der Waals surface area (Å²) in [5, 5.41) is 0. The zero-order valence-electron chi connectivity index (χ0n) is 12.4. The zero-order valence-corrected chi connectivity index (χ0v) is 12.4. The van der Waals surface area contributed by atoms with Crippen LogP contribution in [0.3, 0.4) is 0 Å². The molecule has 1 atom stereocenters. The number of nitrogens with zero attached hydrogens (tertiary/aromatic N) is 3. The fourth-order valence-corrected chi connectivity index (χ4v) is 3.58. The van der Waals surface area contributed by atoms with Crippen LogP contribution < -0.4 is 0 Å². The molecule has 0 radical (unpaired) electrons. The quantitative estimate of drug-likeness (QED) is 0.790. The van der Waals surface area contributed by atoms with Crippen molar-refractivity contribution in [2.45, 2.75) is 37.6 Å². The molecule has 0 unspecified atom stereocenters. The lowest BCUT2D eigenvalue weighted by Gasteiger charge is -2.50. The maximum absolute atomic E-state index is 12.6. The Bertz CT molecular complexity index is 542. The lowest BCUT2D eigenvalue weighted by molar-refractivity contribution is -0.142. The lowest BCUT2D eigenvalue weighted by Crippen LogP contribution is -2.61. The maximum Gasteiger partial charge on any atom is 0.272 e. The first-order valence-corrected chi connectivity index (χ1v) is 7.59. The third kappa shape index (κ3) is 2.52. The van der Waals surface area contributed by atoms with E-state index in [1.54, 1.807) is 12.3 Å². The van der Waals surface area contributed by atoms with Gasteiger partial charge < -0.3 is 9.80 Å². The molecule has 112 valence electrons. The first kappa shape index (κ1) is 14.0. The summed E-state index contributed by atoms with van der Waals surface area (Å²) < 4.78 is 0. The minimum atomic E-state index is -0.169. The van der Waals surface area contributed by atoms with E-state index in [2.05, 4.69) is 4.98 Å². The van der Waals surface area contributed by atoms with Gasteiger partial charge in [-0.25, -0.2) is 0 Å². The first-order chi connectivity index (χ1) is 10.1. The van der Waals surface area contributed by atoms with E-state index in [0.717, 1.165) is 32.2 Å². The largest absolute Gasteiger partial charge is 0.338 e. The van der Waals surface area contributed by atoms with Gasteiger partial charge in [0.05, 0.1) is 5.54 Å². The van der Waals surface area contributed by atoms with Gasteiger partial charge in [0.1, 0.15) is 5.69 Å². The summed E-state index contributed by atoms with van der Waals surface area (Å²) in [5.41, 5.74) is 0.317. The van der Waals surface area contributed by atoms with E-state index in [0.29, 0.717) is 18.7 Å². The molecule has 2 saturated heterocycles. The average Bonchev–Trinajstić information content (AvgIpc) is 2.53. The summed E-state index contributed by atoms with van der Waals surface area (Å²) in [6.45, 7) is 1.38. The van der Waals surface area contributed by atoms with E-state index in [9.17, 15) is 9.59 Å². The van der Waals surface area contributed by atoms with Crippen LogP contribution in [0.4, 0.5) is 0 Å². The zero-order chi connectivity index (χ0) is 14.9. The molecule has 2 aliphatic heterocycles. The topological polar surface area (TPSA) is 53.5 Å². The fourth-order valence-electron chi connectivity index (χ4n) is 3.58. The molecule has 1 aromatic rings. The Morgan fingerprint density at radius 1 is 1.29 bits per heavy atom.